The monoisotopic (exact) mass is 400 g/mol. The van der Waals surface area contributed by atoms with Crippen LogP contribution >= 0.6 is 24.0 Å². The molecule has 0 atom stereocenters. The van der Waals surface area contributed by atoms with Crippen molar-refractivity contribution in [3.63, 3.8) is 0 Å². The van der Waals surface area contributed by atoms with E-state index in [-0.39, 0.29) is 11.8 Å². The minimum absolute atomic E-state index is 0.116. The second-order valence-corrected chi connectivity index (χ2v) is 7.09. The van der Waals surface area contributed by atoms with E-state index in [4.69, 9.17) is 17.0 Å². The number of benzene rings is 1. The number of carbonyl (C=O) groups excluding carboxylic acids is 2. The van der Waals surface area contributed by atoms with Gasteiger partial charge in [0.05, 0.1) is 12.0 Å². The number of anilines is 1. The Bertz CT molecular complexity index is 826. The first kappa shape index (κ1) is 20.7. The van der Waals surface area contributed by atoms with Crippen LogP contribution in [0.3, 0.4) is 0 Å². The van der Waals surface area contributed by atoms with Crippen molar-refractivity contribution >= 4 is 45.8 Å². The summed E-state index contributed by atoms with van der Waals surface area (Å²) in [4.78, 5) is 27.7. The van der Waals surface area contributed by atoms with E-state index in [1.807, 2.05) is 0 Å². The number of methoxy groups -OCH3 is 1. The lowest BCUT2D eigenvalue weighted by molar-refractivity contribution is -0.121. The molecule has 7 heteroatoms. The number of hydrogen-bond acceptors (Lipinski definition) is 5. The Morgan fingerprint density at radius 3 is 2.59 bits per heavy atom. The van der Waals surface area contributed by atoms with E-state index in [0.29, 0.717) is 15.8 Å². The number of carbonyl (C=O) groups is 2. The lowest BCUT2D eigenvalue weighted by Crippen LogP contribution is -2.27. The standard InChI is InChI=1S/C20H20N2O3S2/c1-4-13-22-19(24)18(27-20(22)26)8-6-5-7-14-21(15(2)23)16-9-11-17(25-3)12-10-16/h4-12,14H,1,13H2,2-3H3/b6-5+,14-7+,18-8-. The van der Waals surface area contributed by atoms with E-state index < -0.39 is 0 Å². The van der Waals surface area contributed by atoms with Crippen molar-refractivity contribution in [3.8, 4) is 5.75 Å². The molecule has 140 valence electrons. The number of nitrogens with zero attached hydrogens (tertiary/aromatic N) is 2. The van der Waals surface area contributed by atoms with Crippen LogP contribution in [-0.2, 0) is 9.59 Å². The number of allylic oxidation sites excluding steroid dienone is 4. The quantitative estimate of drug-likeness (QED) is 0.299. The summed E-state index contributed by atoms with van der Waals surface area (Å²) in [6, 6.07) is 7.19. The molecule has 0 radical (unpaired) electrons. The summed E-state index contributed by atoms with van der Waals surface area (Å²) in [6.07, 6.45) is 10.2. The van der Waals surface area contributed by atoms with Crippen LogP contribution in [0, 0.1) is 0 Å². The summed E-state index contributed by atoms with van der Waals surface area (Å²) in [5, 5.41) is 0. The van der Waals surface area contributed by atoms with Crippen molar-refractivity contribution in [1.29, 1.82) is 0 Å². The minimum atomic E-state index is -0.123. The molecule has 1 fully saturated rings. The molecular weight excluding hydrogens is 380 g/mol. The summed E-state index contributed by atoms with van der Waals surface area (Å²) < 4.78 is 5.65. The van der Waals surface area contributed by atoms with Crippen LogP contribution in [0.2, 0.25) is 0 Å². The molecule has 1 saturated heterocycles. The summed E-state index contributed by atoms with van der Waals surface area (Å²) >= 11 is 6.45. The molecule has 1 aromatic rings. The third-order valence-corrected chi connectivity index (χ3v) is 4.98. The largest absolute Gasteiger partial charge is 0.497 e. The maximum atomic E-state index is 12.2. The van der Waals surface area contributed by atoms with Gasteiger partial charge in [0.2, 0.25) is 5.91 Å². The predicted octanol–water partition coefficient (Wildman–Crippen LogP) is 4.05. The number of amides is 2. The maximum Gasteiger partial charge on any atom is 0.266 e. The average Bonchev–Trinajstić information content (AvgIpc) is 2.92. The van der Waals surface area contributed by atoms with Crippen LogP contribution in [0.25, 0.3) is 0 Å². The Hall–Kier alpha value is -2.64. The van der Waals surface area contributed by atoms with Crippen LogP contribution in [0.1, 0.15) is 6.92 Å². The number of rotatable bonds is 7. The molecule has 27 heavy (non-hydrogen) atoms. The first-order valence-corrected chi connectivity index (χ1v) is 9.34. The fourth-order valence-electron chi connectivity index (χ4n) is 2.26. The van der Waals surface area contributed by atoms with E-state index in [1.54, 1.807) is 68.0 Å². The van der Waals surface area contributed by atoms with Gasteiger partial charge in [0.25, 0.3) is 5.91 Å². The Morgan fingerprint density at radius 1 is 1.30 bits per heavy atom. The lowest BCUT2D eigenvalue weighted by Gasteiger charge is -2.16. The Balaban J connectivity index is 2.05. The van der Waals surface area contributed by atoms with Crippen LogP contribution in [0.5, 0.6) is 5.75 Å². The number of ether oxygens (including phenoxy) is 1. The van der Waals surface area contributed by atoms with Gasteiger partial charge in [-0.1, -0.05) is 42.2 Å². The zero-order valence-electron chi connectivity index (χ0n) is 15.1. The second kappa shape index (κ2) is 9.89. The van der Waals surface area contributed by atoms with Gasteiger partial charge in [-0.25, -0.2) is 0 Å². The molecule has 2 amide bonds. The molecule has 1 aromatic carbocycles. The van der Waals surface area contributed by atoms with Gasteiger partial charge in [-0.15, -0.1) is 6.58 Å². The van der Waals surface area contributed by atoms with Gasteiger partial charge in [-0.3, -0.25) is 19.4 Å². The zero-order valence-corrected chi connectivity index (χ0v) is 16.8. The Morgan fingerprint density at radius 2 is 2.00 bits per heavy atom. The van der Waals surface area contributed by atoms with Crippen molar-refractivity contribution in [1.82, 2.24) is 4.90 Å². The van der Waals surface area contributed by atoms with Gasteiger partial charge in [-0.05, 0) is 36.4 Å². The molecule has 0 spiro atoms. The highest BCUT2D eigenvalue weighted by atomic mass is 32.2. The summed E-state index contributed by atoms with van der Waals surface area (Å²) in [6.45, 7) is 5.52. The van der Waals surface area contributed by atoms with Crippen molar-refractivity contribution in [2.24, 2.45) is 0 Å². The van der Waals surface area contributed by atoms with Crippen molar-refractivity contribution in [3.05, 3.63) is 72.3 Å². The average molecular weight is 401 g/mol. The molecule has 0 bridgehead atoms. The van der Waals surface area contributed by atoms with Crippen molar-refractivity contribution < 1.29 is 14.3 Å². The van der Waals surface area contributed by atoms with E-state index in [9.17, 15) is 9.59 Å². The SMILES string of the molecule is C=CCN1C(=O)/C(=C/C=C/C=C/N(C(C)=O)c2ccc(OC)cc2)SC1=S. The molecule has 1 aliphatic rings. The third-order valence-electron chi connectivity index (χ3n) is 3.58. The lowest BCUT2D eigenvalue weighted by atomic mass is 10.2. The third kappa shape index (κ3) is 5.42. The number of thioether (sulfide) groups is 1. The first-order valence-electron chi connectivity index (χ1n) is 8.11. The smallest absolute Gasteiger partial charge is 0.266 e. The Kier molecular flexibility index (Phi) is 7.57. The second-order valence-electron chi connectivity index (χ2n) is 5.42. The van der Waals surface area contributed by atoms with Gasteiger partial charge in [-0.2, -0.15) is 0 Å². The van der Waals surface area contributed by atoms with Gasteiger partial charge in [0.15, 0.2) is 0 Å². The zero-order chi connectivity index (χ0) is 19.8. The number of thiocarbonyl (C=S) groups is 1. The van der Waals surface area contributed by atoms with Crippen molar-refractivity contribution in [2.75, 3.05) is 18.6 Å². The topological polar surface area (TPSA) is 49.9 Å². The van der Waals surface area contributed by atoms with Crippen LogP contribution in [0.15, 0.2) is 72.3 Å². The van der Waals surface area contributed by atoms with Gasteiger partial charge in [0, 0.05) is 25.4 Å². The fraction of sp³-hybridized carbons (Fsp3) is 0.150. The number of hydrogen-bond donors (Lipinski definition) is 0. The first-order chi connectivity index (χ1) is 13.0. The van der Waals surface area contributed by atoms with E-state index in [0.717, 1.165) is 11.4 Å². The normalized spacial score (nSPS) is 15.9. The van der Waals surface area contributed by atoms with E-state index >= 15 is 0 Å². The minimum Gasteiger partial charge on any atom is -0.497 e. The van der Waals surface area contributed by atoms with Gasteiger partial charge < -0.3 is 4.74 Å². The highest BCUT2D eigenvalue weighted by Gasteiger charge is 2.30. The summed E-state index contributed by atoms with van der Waals surface area (Å²) in [7, 11) is 1.59. The summed E-state index contributed by atoms with van der Waals surface area (Å²) in [5.41, 5.74) is 0.734. The fourth-order valence-corrected chi connectivity index (χ4v) is 3.49. The Labute approximate surface area is 168 Å². The summed E-state index contributed by atoms with van der Waals surface area (Å²) in [5.74, 6) is 0.483. The maximum absolute atomic E-state index is 12.2. The van der Waals surface area contributed by atoms with Crippen molar-refractivity contribution in [2.45, 2.75) is 6.92 Å². The molecule has 0 unspecified atom stereocenters. The van der Waals surface area contributed by atoms with Crippen LogP contribution in [0.4, 0.5) is 5.69 Å². The highest BCUT2D eigenvalue weighted by molar-refractivity contribution is 8.26. The molecule has 1 aliphatic heterocycles. The molecule has 0 saturated carbocycles. The molecule has 0 aliphatic carbocycles. The molecular formula is C20H20N2O3S2. The molecule has 2 rings (SSSR count). The molecule has 0 aromatic heterocycles. The predicted molar refractivity (Wildman–Crippen MR) is 115 cm³/mol. The van der Waals surface area contributed by atoms with Gasteiger partial charge >= 0.3 is 0 Å². The highest BCUT2D eigenvalue weighted by Crippen LogP contribution is 2.30. The van der Waals surface area contributed by atoms with Gasteiger partial charge in [0.1, 0.15) is 10.1 Å². The van der Waals surface area contributed by atoms with E-state index in [2.05, 4.69) is 6.58 Å². The van der Waals surface area contributed by atoms with Crippen LogP contribution < -0.4 is 9.64 Å². The van der Waals surface area contributed by atoms with Crippen LogP contribution in [-0.4, -0.2) is 34.7 Å². The van der Waals surface area contributed by atoms with E-state index in [1.165, 1.54) is 28.5 Å². The molecule has 1 heterocycles. The molecule has 0 N–H and O–H groups in total. The molecule has 5 nitrogen and oxygen atoms in total.